The molecule has 2 heterocycles. The first-order chi connectivity index (χ1) is 8.94. The average molecular weight is 285 g/mol. The highest BCUT2D eigenvalue weighted by molar-refractivity contribution is 7.91. The summed E-state index contributed by atoms with van der Waals surface area (Å²) in [6.07, 6.45) is 3.22. The lowest BCUT2D eigenvalue weighted by Crippen LogP contribution is -2.34. The maximum absolute atomic E-state index is 11.6. The predicted molar refractivity (Wildman–Crippen MR) is 68.8 cm³/mol. The number of sulfone groups is 1. The van der Waals surface area contributed by atoms with Crippen molar-refractivity contribution in [3.05, 3.63) is 18.1 Å². The van der Waals surface area contributed by atoms with Gasteiger partial charge < -0.3 is 9.64 Å². The molecule has 1 saturated heterocycles. The highest BCUT2D eigenvalue weighted by Gasteiger charge is 2.32. The molecule has 1 fully saturated rings. The van der Waals surface area contributed by atoms with E-state index in [1.165, 1.54) is 19.6 Å². The van der Waals surface area contributed by atoms with E-state index in [0.29, 0.717) is 12.2 Å². The Morgan fingerprint density at radius 3 is 2.84 bits per heavy atom. The molecule has 0 aliphatic carbocycles. The Bertz CT molecular complexity index is 587. The summed E-state index contributed by atoms with van der Waals surface area (Å²) in [6, 6.07) is -0.177. The quantitative estimate of drug-likeness (QED) is 0.715. The standard InChI is InChI=1S/C11H15N3O4S/c1-14(8-3-4-19(16,17)6-8)10-9(11(15)18-2)5-12-7-13-10/h5,7-8H,3-4,6H2,1-2H3. The molecule has 1 aromatic heterocycles. The molecule has 0 amide bonds. The van der Waals surface area contributed by atoms with Gasteiger partial charge in [-0.3, -0.25) is 0 Å². The summed E-state index contributed by atoms with van der Waals surface area (Å²) >= 11 is 0. The van der Waals surface area contributed by atoms with Crippen LogP contribution in [0.15, 0.2) is 12.5 Å². The normalized spacial score (nSPS) is 21.1. The van der Waals surface area contributed by atoms with Gasteiger partial charge in [-0.15, -0.1) is 0 Å². The molecule has 1 aliphatic rings. The van der Waals surface area contributed by atoms with Crippen LogP contribution in [-0.4, -0.2) is 56.1 Å². The molecule has 1 aromatic rings. The second kappa shape index (κ2) is 5.12. The smallest absolute Gasteiger partial charge is 0.343 e. The molecule has 7 nitrogen and oxygen atoms in total. The molecule has 0 N–H and O–H groups in total. The maximum Gasteiger partial charge on any atom is 0.343 e. The van der Waals surface area contributed by atoms with Gasteiger partial charge in [0, 0.05) is 19.3 Å². The van der Waals surface area contributed by atoms with Crippen LogP contribution in [0.5, 0.6) is 0 Å². The Morgan fingerprint density at radius 1 is 1.53 bits per heavy atom. The first kappa shape index (κ1) is 13.7. The Labute approximate surface area is 111 Å². The fourth-order valence-corrected chi connectivity index (χ4v) is 3.89. The summed E-state index contributed by atoms with van der Waals surface area (Å²) in [6.45, 7) is 0. The third-order valence-corrected chi connectivity index (χ3v) is 4.94. The molecule has 104 valence electrons. The summed E-state index contributed by atoms with van der Waals surface area (Å²) in [5.74, 6) is 0.0987. The molecule has 1 unspecified atom stereocenters. The average Bonchev–Trinajstić information content (AvgIpc) is 2.77. The summed E-state index contributed by atoms with van der Waals surface area (Å²) in [5.41, 5.74) is 0.233. The Kier molecular flexibility index (Phi) is 3.70. The molecule has 19 heavy (non-hydrogen) atoms. The zero-order chi connectivity index (χ0) is 14.0. The van der Waals surface area contributed by atoms with Crippen molar-refractivity contribution in [1.29, 1.82) is 0 Å². The molecular weight excluding hydrogens is 270 g/mol. The van der Waals surface area contributed by atoms with E-state index in [-0.39, 0.29) is 23.1 Å². The zero-order valence-corrected chi connectivity index (χ0v) is 11.6. The van der Waals surface area contributed by atoms with Gasteiger partial charge in [0.1, 0.15) is 17.7 Å². The van der Waals surface area contributed by atoms with Crippen LogP contribution in [0.2, 0.25) is 0 Å². The molecule has 1 atom stereocenters. The number of anilines is 1. The lowest BCUT2D eigenvalue weighted by Gasteiger charge is -2.25. The monoisotopic (exact) mass is 285 g/mol. The molecular formula is C11H15N3O4S. The number of carbonyl (C=O) groups excluding carboxylic acids is 1. The van der Waals surface area contributed by atoms with E-state index in [2.05, 4.69) is 14.7 Å². The first-order valence-electron chi connectivity index (χ1n) is 5.76. The van der Waals surface area contributed by atoms with Crippen molar-refractivity contribution in [2.45, 2.75) is 12.5 Å². The van der Waals surface area contributed by atoms with Crippen molar-refractivity contribution in [3.63, 3.8) is 0 Å². The fraction of sp³-hybridized carbons (Fsp3) is 0.545. The van der Waals surface area contributed by atoms with Crippen molar-refractivity contribution in [2.75, 3.05) is 30.6 Å². The first-order valence-corrected chi connectivity index (χ1v) is 7.58. The van der Waals surface area contributed by atoms with Gasteiger partial charge in [-0.1, -0.05) is 0 Å². The largest absolute Gasteiger partial charge is 0.465 e. The molecule has 0 spiro atoms. The Balaban J connectivity index is 2.29. The molecule has 0 aromatic carbocycles. The maximum atomic E-state index is 11.6. The van der Waals surface area contributed by atoms with E-state index in [0.717, 1.165) is 0 Å². The van der Waals surface area contributed by atoms with Gasteiger partial charge >= 0.3 is 5.97 Å². The van der Waals surface area contributed by atoms with Gasteiger partial charge in [-0.2, -0.15) is 0 Å². The highest BCUT2D eigenvalue weighted by Crippen LogP contribution is 2.23. The number of methoxy groups -OCH3 is 1. The molecule has 2 rings (SSSR count). The van der Waals surface area contributed by atoms with E-state index in [1.54, 1.807) is 11.9 Å². The number of hydrogen-bond donors (Lipinski definition) is 0. The minimum absolute atomic E-state index is 0.0775. The summed E-state index contributed by atoms with van der Waals surface area (Å²) in [5, 5.41) is 0. The molecule has 0 saturated carbocycles. The lowest BCUT2D eigenvalue weighted by molar-refractivity contribution is 0.0600. The molecule has 0 bridgehead atoms. The Hall–Kier alpha value is -1.70. The van der Waals surface area contributed by atoms with Crippen LogP contribution in [0.4, 0.5) is 5.82 Å². The Morgan fingerprint density at radius 2 is 2.26 bits per heavy atom. The number of aromatic nitrogens is 2. The second-order valence-corrected chi connectivity index (χ2v) is 6.65. The van der Waals surface area contributed by atoms with E-state index in [4.69, 9.17) is 0 Å². The second-order valence-electron chi connectivity index (χ2n) is 4.42. The number of rotatable bonds is 3. The van der Waals surface area contributed by atoms with Crippen LogP contribution in [0.3, 0.4) is 0 Å². The summed E-state index contributed by atoms with van der Waals surface area (Å²) in [7, 11) is 0.0110. The number of esters is 1. The predicted octanol–water partition coefficient (Wildman–Crippen LogP) is -0.113. The van der Waals surface area contributed by atoms with Gasteiger partial charge in [0.05, 0.1) is 18.6 Å². The zero-order valence-electron chi connectivity index (χ0n) is 10.7. The molecule has 0 radical (unpaired) electrons. The van der Waals surface area contributed by atoms with Gasteiger partial charge in [0.25, 0.3) is 0 Å². The molecule has 1 aliphatic heterocycles. The van der Waals surface area contributed by atoms with Gasteiger partial charge in [-0.05, 0) is 6.42 Å². The van der Waals surface area contributed by atoms with Crippen LogP contribution < -0.4 is 4.90 Å². The van der Waals surface area contributed by atoms with Crippen LogP contribution in [-0.2, 0) is 14.6 Å². The topological polar surface area (TPSA) is 89.5 Å². The lowest BCUT2D eigenvalue weighted by atomic mass is 10.2. The third-order valence-electron chi connectivity index (χ3n) is 3.19. The van der Waals surface area contributed by atoms with Crippen molar-refractivity contribution < 1.29 is 17.9 Å². The molecule has 8 heteroatoms. The van der Waals surface area contributed by atoms with Crippen LogP contribution in [0.1, 0.15) is 16.8 Å². The van der Waals surface area contributed by atoms with E-state index in [1.807, 2.05) is 0 Å². The van der Waals surface area contributed by atoms with Gasteiger partial charge in [0.15, 0.2) is 9.84 Å². The van der Waals surface area contributed by atoms with Crippen LogP contribution >= 0.6 is 0 Å². The van der Waals surface area contributed by atoms with Gasteiger partial charge in [0.2, 0.25) is 0 Å². The minimum atomic E-state index is -2.99. The van der Waals surface area contributed by atoms with Crippen LogP contribution in [0.25, 0.3) is 0 Å². The number of hydrogen-bond acceptors (Lipinski definition) is 7. The SMILES string of the molecule is COC(=O)c1cncnc1N(C)C1CCS(=O)(=O)C1. The number of carbonyl (C=O) groups is 1. The third kappa shape index (κ3) is 2.83. The fourth-order valence-electron chi connectivity index (χ4n) is 2.11. The number of nitrogens with zero attached hydrogens (tertiary/aromatic N) is 3. The van der Waals surface area contributed by atoms with Crippen LogP contribution in [0, 0.1) is 0 Å². The summed E-state index contributed by atoms with van der Waals surface area (Å²) < 4.78 is 27.7. The van der Waals surface area contributed by atoms with E-state index < -0.39 is 15.8 Å². The van der Waals surface area contributed by atoms with Gasteiger partial charge in [-0.25, -0.2) is 23.2 Å². The van der Waals surface area contributed by atoms with Crippen molar-refractivity contribution in [2.24, 2.45) is 0 Å². The van der Waals surface area contributed by atoms with Crippen molar-refractivity contribution >= 4 is 21.6 Å². The highest BCUT2D eigenvalue weighted by atomic mass is 32.2. The van der Waals surface area contributed by atoms with E-state index >= 15 is 0 Å². The van der Waals surface area contributed by atoms with Crippen molar-refractivity contribution in [3.8, 4) is 0 Å². The van der Waals surface area contributed by atoms with E-state index in [9.17, 15) is 13.2 Å². The van der Waals surface area contributed by atoms with Crippen molar-refractivity contribution in [1.82, 2.24) is 9.97 Å². The summed E-state index contributed by atoms with van der Waals surface area (Å²) in [4.78, 5) is 21.2. The minimum Gasteiger partial charge on any atom is -0.465 e. The number of ether oxygens (including phenoxy) is 1.